The van der Waals surface area contributed by atoms with Crippen molar-refractivity contribution in [3.05, 3.63) is 59.4 Å². The topological polar surface area (TPSA) is 93.9 Å². The summed E-state index contributed by atoms with van der Waals surface area (Å²) in [5.41, 5.74) is 4.88. The number of carboxylic acids is 1. The van der Waals surface area contributed by atoms with Crippen LogP contribution in [0.3, 0.4) is 0 Å². The monoisotopic (exact) mass is 517 g/mol. The zero-order chi connectivity index (χ0) is 26.4. The van der Waals surface area contributed by atoms with Crippen LogP contribution >= 0.6 is 0 Å². The Hall–Kier alpha value is -3.39. The molecule has 2 aliphatic heterocycles. The maximum absolute atomic E-state index is 12.7. The highest BCUT2D eigenvalue weighted by Crippen LogP contribution is 2.47. The summed E-state index contributed by atoms with van der Waals surface area (Å²) in [6.45, 7) is 3.73. The van der Waals surface area contributed by atoms with Gasteiger partial charge in [0.25, 0.3) is 0 Å². The van der Waals surface area contributed by atoms with Gasteiger partial charge in [-0.25, -0.2) is 9.78 Å². The van der Waals surface area contributed by atoms with Gasteiger partial charge in [-0.3, -0.25) is 9.69 Å². The highest BCUT2D eigenvalue weighted by atomic mass is 16.5. The first kappa shape index (κ1) is 24.9. The van der Waals surface area contributed by atoms with Crippen LogP contribution in [0.25, 0.3) is 11.0 Å². The largest absolute Gasteiger partial charge is 0.481 e. The van der Waals surface area contributed by atoms with E-state index in [1.165, 1.54) is 7.11 Å². The van der Waals surface area contributed by atoms with Crippen LogP contribution in [0.1, 0.15) is 67.9 Å². The Morgan fingerprint density at radius 1 is 1.13 bits per heavy atom. The molecular weight excluding hydrogens is 482 g/mol. The summed E-state index contributed by atoms with van der Waals surface area (Å²) in [5.74, 6) is -0.736. The molecule has 1 saturated heterocycles. The number of aryl methyl sites for hydroxylation is 1. The van der Waals surface area contributed by atoms with E-state index in [1.54, 1.807) is 4.90 Å². The summed E-state index contributed by atoms with van der Waals surface area (Å²) < 4.78 is 13.0. The Balaban J connectivity index is 1.46. The average Bonchev–Trinajstić information content (AvgIpc) is 3.29. The second-order valence-corrected chi connectivity index (χ2v) is 11.3. The van der Waals surface area contributed by atoms with Gasteiger partial charge in [0, 0.05) is 29.5 Å². The summed E-state index contributed by atoms with van der Waals surface area (Å²) >= 11 is 0. The van der Waals surface area contributed by atoms with Gasteiger partial charge in [0.1, 0.15) is 5.82 Å². The molecule has 3 aromatic rings. The van der Waals surface area contributed by atoms with Gasteiger partial charge in [0.15, 0.2) is 0 Å². The highest BCUT2D eigenvalue weighted by molar-refractivity contribution is 5.95. The fraction of sp³-hybridized carbons (Fsp3) is 0.500. The van der Waals surface area contributed by atoms with Crippen molar-refractivity contribution in [3.8, 4) is 0 Å². The molecule has 0 bridgehead atoms. The van der Waals surface area contributed by atoms with E-state index in [-0.39, 0.29) is 18.2 Å². The fourth-order valence-electron chi connectivity index (χ4n) is 6.74. The number of carbonyl (C=O) groups is 2. The Kier molecular flexibility index (Phi) is 6.38. The predicted molar refractivity (Wildman–Crippen MR) is 144 cm³/mol. The summed E-state index contributed by atoms with van der Waals surface area (Å²) in [7, 11) is 1.41. The minimum atomic E-state index is -0.850. The van der Waals surface area contributed by atoms with Crippen LogP contribution in [0.4, 0.5) is 10.5 Å². The van der Waals surface area contributed by atoms with E-state index in [9.17, 15) is 14.7 Å². The van der Waals surface area contributed by atoms with Gasteiger partial charge >= 0.3 is 12.1 Å². The fourth-order valence-corrected chi connectivity index (χ4v) is 6.74. The number of amides is 1. The van der Waals surface area contributed by atoms with Gasteiger partial charge < -0.3 is 19.1 Å². The number of methoxy groups -OCH3 is 1. The number of benzene rings is 2. The lowest BCUT2D eigenvalue weighted by atomic mass is 9.71. The van der Waals surface area contributed by atoms with E-state index in [0.717, 1.165) is 85.4 Å². The molecule has 8 nitrogen and oxygen atoms in total. The molecule has 3 aliphatic rings. The number of aromatic nitrogens is 2. The third kappa shape index (κ3) is 4.15. The molecule has 1 saturated carbocycles. The van der Waals surface area contributed by atoms with E-state index in [0.29, 0.717) is 11.8 Å². The van der Waals surface area contributed by atoms with Crippen molar-refractivity contribution in [1.29, 1.82) is 0 Å². The quantitative estimate of drug-likeness (QED) is 0.481. The number of anilines is 1. The zero-order valence-electron chi connectivity index (χ0n) is 22.1. The number of imidazole rings is 1. The number of aliphatic carboxylic acids is 1. The molecule has 8 heteroatoms. The van der Waals surface area contributed by atoms with Crippen molar-refractivity contribution in [3.63, 3.8) is 0 Å². The van der Waals surface area contributed by atoms with E-state index >= 15 is 0 Å². The minimum Gasteiger partial charge on any atom is -0.481 e. The van der Waals surface area contributed by atoms with Crippen LogP contribution in [-0.2, 0) is 27.1 Å². The van der Waals surface area contributed by atoms with Crippen molar-refractivity contribution >= 4 is 28.8 Å². The maximum Gasteiger partial charge on any atom is 0.414 e. The SMILES string of the molecule is COC(=O)N1c2ccc3c(nc(CC(C(=O)O)c4ccccc4)n3C3CCC4(CC3)COC4)c2CCC1C. The van der Waals surface area contributed by atoms with Gasteiger partial charge in [-0.2, -0.15) is 0 Å². The first-order chi connectivity index (χ1) is 18.4. The molecule has 1 aliphatic carbocycles. The standard InChI is InChI=1S/C30H35N3O5/c1-19-8-9-22-24(32(19)29(36)37-2)10-11-25-27(22)31-26(16-23(28(34)35)20-6-4-3-5-7-20)33(25)21-12-14-30(15-13-21)17-38-18-30/h3-7,10-11,19,21,23H,8-9,12-18H2,1-2H3,(H,34,35). The molecule has 2 aromatic carbocycles. The second kappa shape index (κ2) is 9.73. The smallest absolute Gasteiger partial charge is 0.414 e. The van der Waals surface area contributed by atoms with Crippen molar-refractivity contribution in [1.82, 2.24) is 9.55 Å². The molecule has 0 radical (unpaired) electrons. The lowest BCUT2D eigenvalue weighted by molar-refractivity contribution is -0.138. The molecule has 3 heterocycles. The average molecular weight is 518 g/mol. The number of hydrogen-bond acceptors (Lipinski definition) is 5. The number of carboxylic acid groups (broad SMARTS) is 1. The van der Waals surface area contributed by atoms with Crippen LogP contribution < -0.4 is 4.90 Å². The summed E-state index contributed by atoms with van der Waals surface area (Å²) in [5, 5.41) is 10.2. The second-order valence-electron chi connectivity index (χ2n) is 11.3. The Morgan fingerprint density at radius 3 is 2.50 bits per heavy atom. The molecule has 2 fully saturated rings. The third-order valence-corrected chi connectivity index (χ3v) is 8.98. The first-order valence-corrected chi connectivity index (χ1v) is 13.7. The molecule has 1 spiro atoms. The molecule has 1 amide bonds. The molecule has 1 aromatic heterocycles. The van der Waals surface area contributed by atoms with E-state index < -0.39 is 11.9 Å². The maximum atomic E-state index is 12.7. The van der Waals surface area contributed by atoms with Crippen LogP contribution in [0.15, 0.2) is 42.5 Å². The molecule has 200 valence electrons. The van der Waals surface area contributed by atoms with Crippen LogP contribution in [0.5, 0.6) is 0 Å². The van der Waals surface area contributed by atoms with Crippen molar-refractivity contribution in [2.24, 2.45) is 5.41 Å². The van der Waals surface area contributed by atoms with Gasteiger partial charge in [-0.15, -0.1) is 0 Å². The number of rotatable bonds is 5. The Labute approximate surface area is 222 Å². The lowest BCUT2D eigenvalue weighted by Crippen LogP contribution is -2.45. The third-order valence-electron chi connectivity index (χ3n) is 8.98. The van der Waals surface area contributed by atoms with Crippen LogP contribution in [0, 0.1) is 5.41 Å². The number of fused-ring (bicyclic) bond motifs is 3. The van der Waals surface area contributed by atoms with Gasteiger partial charge in [0.2, 0.25) is 0 Å². The number of carbonyl (C=O) groups excluding carboxylic acids is 1. The molecule has 2 atom stereocenters. The van der Waals surface area contributed by atoms with Crippen LogP contribution in [0.2, 0.25) is 0 Å². The summed E-state index contributed by atoms with van der Waals surface area (Å²) in [6.07, 6.45) is 5.83. The van der Waals surface area contributed by atoms with E-state index in [4.69, 9.17) is 14.5 Å². The molecule has 6 rings (SSSR count). The zero-order valence-corrected chi connectivity index (χ0v) is 22.1. The van der Waals surface area contributed by atoms with E-state index in [2.05, 4.69) is 10.6 Å². The van der Waals surface area contributed by atoms with Gasteiger partial charge in [-0.05, 0) is 63.1 Å². The lowest BCUT2D eigenvalue weighted by Gasteiger charge is -2.46. The Morgan fingerprint density at radius 2 is 1.87 bits per heavy atom. The minimum absolute atomic E-state index is 0.0302. The molecular formula is C30H35N3O5. The molecule has 2 unspecified atom stereocenters. The van der Waals surface area contributed by atoms with Crippen molar-refractivity contribution < 1.29 is 24.2 Å². The van der Waals surface area contributed by atoms with Crippen LogP contribution in [-0.4, -0.2) is 53.1 Å². The van der Waals surface area contributed by atoms with Crippen molar-refractivity contribution in [2.75, 3.05) is 25.2 Å². The number of ether oxygens (including phenoxy) is 2. The first-order valence-electron chi connectivity index (χ1n) is 13.7. The van der Waals surface area contributed by atoms with E-state index in [1.807, 2.05) is 43.3 Å². The van der Waals surface area contributed by atoms with Gasteiger partial charge in [-0.1, -0.05) is 30.3 Å². The van der Waals surface area contributed by atoms with Gasteiger partial charge in [0.05, 0.1) is 43.0 Å². The Bertz CT molecular complexity index is 1350. The number of nitrogens with zero attached hydrogens (tertiary/aromatic N) is 3. The molecule has 38 heavy (non-hydrogen) atoms. The molecule has 1 N–H and O–H groups in total. The predicted octanol–water partition coefficient (Wildman–Crippen LogP) is 5.49. The van der Waals surface area contributed by atoms with Crippen molar-refractivity contribution in [2.45, 2.75) is 69.9 Å². The summed E-state index contributed by atoms with van der Waals surface area (Å²) in [4.78, 5) is 32.0. The highest BCUT2D eigenvalue weighted by Gasteiger charge is 2.43. The summed E-state index contributed by atoms with van der Waals surface area (Å²) in [6, 6.07) is 13.8. The normalized spacial score (nSPS) is 21.6. The number of hydrogen-bond donors (Lipinski definition) is 1.